The van der Waals surface area contributed by atoms with Gasteiger partial charge in [0.25, 0.3) is 0 Å². The number of anilines is 1. The van der Waals surface area contributed by atoms with Crippen LogP contribution in [0.25, 0.3) is 0 Å². The lowest BCUT2D eigenvalue weighted by molar-refractivity contribution is -0.143. The van der Waals surface area contributed by atoms with E-state index in [0.29, 0.717) is 0 Å². The average Bonchev–Trinajstić information content (AvgIpc) is 2.28. The van der Waals surface area contributed by atoms with Crippen molar-refractivity contribution in [3.63, 3.8) is 0 Å². The highest BCUT2D eigenvalue weighted by molar-refractivity contribution is 9.10. The van der Waals surface area contributed by atoms with E-state index in [1.54, 1.807) is 19.2 Å². The van der Waals surface area contributed by atoms with Gasteiger partial charge in [0.15, 0.2) is 0 Å². The van der Waals surface area contributed by atoms with Gasteiger partial charge in [-0.3, -0.25) is 9.59 Å². The molecular formula is C12H14BrNO3. The van der Waals surface area contributed by atoms with Gasteiger partial charge in [0.2, 0.25) is 5.91 Å². The van der Waals surface area contributed by atoms with Crippen molar-refractivity contribution in [3.8, 4) is 0 Å². The number of nitrogens with zero attached hydrogens (tertiary/aromatic N) is 1. The minimum absolute atomic E-state index is 0.00188. The molecule has 1 atom stereocenters. The van der Waals surface area contributed by atoms with Gasteiger partial charge in [0.05, 0.1) is 5.92 Å². The van der Waals surface area contributed by atoms with Crippen LogP contribution in [-0.2, 0) is 9.59 Å². The van der Waals surface area contributed by atoms with Crippen molar-refractivity contribution in [3.05, 3.63) is 28.7 Å². The molecule has 0 bridgehead atoms. The summed E-state index contributed by atoms with van der Waals surface area (Å²) in [4.78, 5) is 23.9. The first-order valence-corrected chi connectivity index (χ1v) is 5.96. The van der Waals surface area contributed by atoms with Crippen molar-refractivity contribution >= 4 is 33.5 Å². The lowest BCUT2D eigenvalue weighted by Gasteiger charge is -2.18. The summed E-state index contributed by atoms with van der Waals surface area (Å²) < 4.78 is 0.931. The molecule has 0 aromatic heterocycles. The normalized spacial score (nSPS) is 11.9. The first kappa shape index (κ1) is 13.7. The predicted octanol–water partition coefficient (Wildman–Crippen LogP) is 2.52. The number of hydrogen-bond acceptors (Lipinski definition) is 2. The van der Waals surface area contributed by atoms with E-state index in [4.69, 9.17) is 5.11 Å². The number of carboxylic acid groups (broad SMARTS) is 1. The molecule has 0 saturated carbocycles. The average molecular weight is 300 g/mol. The third-order valence-corrected chi connectivity index (χ3v) is 3.02. The Morgan fingerprint density at radius 3 is 2.35 bits per heavy atom. The third kappa shape index (κ3) is 3.85. The molecule has 5 heteroatoms. The number of amides is 1. The minimum atomic E-state index is -0.956. The molecule has 0 radical (unpaired) electrons. The highest BCUT2D eigenvalue weighted by Crippen LogP contribution is 2.18. The highest BCUT2D eigenvalue weighted by atomic mass is 79.9. The molecule has 0 saturated heterocycles. The molecule has 4 nitrogen and oxygen atoms in total. The fourth-order valence-corrected chi connectivity index (χ4v) is 1.56. The van der Waals surface area contributed by atoms with Crippen molar-refractivity contribution in [2.24, 2.45) is 5.92 Å². The van der Waals surface area contributed by atoms with Gasteiger partial charge in [-0.1, -0.05) is 22.9 Å². The molecule has 1 N–H and O–H groups in total. The second kappa shape index (κ2) is 5.82. The molecule has 0 fully saturated rings. The van der Waals surface area contributed by atoms with Crippen LogP contribution in [0.2, 0.25) is 0 Å². The number of carbonyl (C=O) groups excluding carboxylic acids is 1. The molecule has 0 aliphatic rings. The van der Waals surface area contributed by atoms with Gasteiger partial charge in [-0.25, -0.2) is 0 Å². The smallest absolute Gasteiger partial charge is 0.306 e. The zero-order chi connectivity index (χ0) is 13.0. The maximum absolute atomic E-state index is 11.8. The van der Waals surface area contributed by atoms with Gasteiger partial charge in [0.1, 0.15) is 0 Å². The Balaban J connectivity index is 2.70. The summed E-state index contributed by atoms with van der Waals surface area (Å²) in [5.41, 5.74) is 0.746. The van der Waals surface area contributed by atoms with E-state index in [1.165, 1.54) is 11.8 Å². The summed E-state index contributed by atoms with van der Waals surface area (Å²) in [5, 5.41) is 8.74. The number of carbonyl (C=O) groups is 2. The van der Waals surface area contributed by atoms with Crippen LogP contribution >= 0.6 is 15.9 Å². The van der Waals surface area contributed by atoms with Gasteiger partial charge in [-0.2, -0.15) is 0 Å². The second-order valence-corrected chi connectivity index (χ2v) is 4.79. The van der Waals surface area contributed by atoms with Crippen molar-refractivity contribution in [1.82, 2.24) is 0 Å². The molecule has 0 aliphatic carbocycles. The van der Waals surface area contributed by atoms with Crippen LogP contribution in [0.1, 0.15) is 13.3 Å². The van der Waals surface area contributed by atoms with Gasteiger partial charge in [-0.05, 0) is 24.3 Å². The summed E-state index contributed by atoms with van der Waals surface area (Å²) in [6.07, 6.45) is 0.00188. The van der Waals surface area contributed by atoms with Crippen molar-refractivity contribution in [2.45, 2.75) is 13.3 Å². The number of hydrogen-bond donors (Lipinski definition) is 1. The fourth-order valence-electron chi connectivity index (χ4n) is 1.29. The first-order chi connectivity index (χ1) is 7.91. The number of carboxylic acids is 1. The van der Waals surface area contributed by atoms with Gasteiger partial charge >= 0.3 is 5.97 Å². The second-order valence-electron chi connectivity index (χ2n) is 3.87. The topological polar surface area (TPSA) is 57.6 Å². The zero-order valence-corrected chi connectivity index (χ0v) is 11.3. The molecule has 1 rings (SSSR count). The molecule has 0 aliphatic heterocycles. The number of aliphatic carboxylic acids is 1. The Hall–Kier alpha value is -1.36. The van der Waals surface area contributed by atoms with Gasteiger partial charge in [0, 0.05) is 23.6 Å². The van der Waals surface area contributed by atoms with Crippen LogP contribution < -0.4 is 4.90 Å². The van der Waals surface area contributed by atoms with E-state index in [0.717, 1.165) is 10.2 Å². The summed E-state index contributed by atoms with van der Waals surface area (Å²) >= 11 is 3.31. The van der Waals surface area contributed by atoms with E-state index >= 15 is 0 Å². The Bertz CT molecular complexity index is 416. The van der Waals surface area contributed by atoms with Gasteiger partial charge in [-0.15, -0.1) is 0 Å². The van der Waals surface area contributed by atoms with Crippen LogP contribution in [0.15, 0.2) is 28.7 Å². The maximum Gasteiger partial charge on any atom is 0.306 e. The molecule has 1 aromatic carbocycles. The molecule has 1 aromatic rings. The van der Waals surface area contributed by atoms with E-state index in [9.17, 15) is 9.59 Å². The Kier molecular flexibility index (Phi) is 4.69. The number of benzene rings is 1. The molecule has 92 valence electrons. The zero-order valence-electron chi connectivity index (χ0n) is 9.68. The van der Waals surface area contributed by atoms with Crippen LogP contribution in [0.4, 0.5) is 5.69 Å². The summed E-state index contributed by atoms with van der Waals surface area (Å²) in [5.74, 6) is -1.83. The molecule has 0 spiro atoms. The van der Waals surface area contributed by atoms with E-state index < -0.39 is 11.9 Å². The van der Waals surface area contributed by atoms with Crippen LogP contribution in [0, 0.1) is 5.92 Å². The lowest BCUT2D eigenvalue weighted by Crippen LogP contribution is -2.29. The minimum Gasteiger partial charge on any atom is -0.481 e. The van der Waals surface area contributed by atoms with Crippen LogP contribution in [0.3, 0.4) is 0 Å². The Morgan fingerprint density at radius 1 is 1.35 bits per heavy atom. The standard InChI is InChI=1S/C12H14BrNO3/c1-8(12(16)17)7-11(15)14(2)10-5-3-9(13)4-6-10/h3-6,8H,7H2,1-2H3,(H,16,17). The maximum atomic E-state index is 11.8. The van der Waals surface area contributed by atoms with E-state index in [1.807, 2.05) is 12.1 Å². The molecule has 1 unspecified atom stereocenters. The molecule has 17 heavy (non-hydrogen) atoms. The molecule has 1 amide bonds. The number of halogens is 1. The van der Waals surface area contributed by atoms with E-state index in [2.05, 4.69) is 15.9 Å². The highest BCUT2D eigenvalue weighted by Gasteiger charge is 2.19. The summed E-state index contributed by atoms with van der Waals surface area (Å²) in [6.45, 7) is 1.52. The Morgan fingerprint density at radius 2 is 1.88 bits per heavy atom. The van der Waals surface area contributed by atoms with Gasteiger partial charge < -0.3 is 10.0 Å². The van der Waals surface area contributed by atoms with Crippen molar-refractivity contribution < 1.29 is 14.7 Å². The molecule has 0 heterocycles. The van der Waals surface area contributed by atoms with E-state index in [-0.39, 0.29) is 12.3 Å². The quantitative estimate of drug-likeness (QED) is 0.929. The monoisotopic (exact) mass is 299 g/mol. The predicted molar refractivity (Wildman–Crippen MR) is 69.0 cm³/mol. The third-order valence-electron chi connectivity index (χ3n) is 2.49. The lowest BCUT2D eigenvalue weighted by atomic mass is 10.1. The fraction of sp³-hybridized carbons (Fsp3) is 0.333. The van der Waals surface area contributed by atoms with Crippen LogP contribution in [0.5, 0.6) is 0 Å². The van der Waals surface area contributed by atoms with Crippen molar-refractivity contribution in [1.29, 1.82) is 0 Å². The Labute approximate surface area is 108 Å². The number of rotatable bonds is 4. The summed E-state index contributed by atoms with van der Waals surface area (Å²) in [6, 6.07) is 7.26. The van der Waals surface area contributed by atoms with Crippen molar-refractivity contribution in [2.75, 3.05) is 11.9 Å². The first-order valence-electron chi connectivity index (χ1n) is 5.16. The summed E-state index contributed by atoms with van der Waals surface area (Å²) in [7, 11) is 1.64. The van der Waals surface area contributed by atoms with Crippen LogP contribution in [-0.4, -0.2) is 24.0 Å². The SMILES string of the molecule is CC(CC(=O)N(C)c1ccc(Br)cc1)C(=O)O. The molecular weight excluding hydrogens is 286 g/mol. The largest absolute Gasteiger partial charge is 0.481 e.